The zero-order chi connectivity index (χ0) is 36.0. The predicted molar refractivity (Wildman–Crippen MR) is 219 cm³/mol. The molecule has 1 atom stereocenters. The number of hydrogen-bond donors (Lipinski definition) is 1. The highest BCUT2D eigenvalue weighted by atomic mass is 16.2. The fourth-order valence-electron chi connectivity index (χ4n) is 5.49. The largest absolute Gasteiger partial charge is 0.354 e. The second kappa shape index (κ2) is 35.2. The fourth-order valence-corrected chi connectivity index (χ4v) is 5.49. The second-order valence-electron chi connectivity index (χ2n) is 12.7. The van der Waals surface area contributed by atoms with Gasteiger partial charge in [-0.3, -0.25) is 9.59 Å². The van der Waals surface area contributed by atoms with Crippen molar-refractivity contribution in [2.45, 2.75) is 142 Å². The maximum atomic E-state index is 13.0. The van der Waals surface area contributed by atoms with Crippen molar-refractivity contribution in [2.24, 2.45) is 0 Å². The lowest BCUT2D eigenvalue weighted by Gasteiger charge is -2.36. The van der Waals surface area contributed by atoms with E-state index in [0.29, 0.717) is 19.4 Å². The minimum absolute atomic E-state index is 0.0914. The van der Waals surface area contributed by atoms with E-state index in [1.807, 2.05) is 4.90 Å². The number of piperidine rings is 1. The van der Waals surface area contributed by atoms with E-state index >= 15 is 0 Å². The van der Waals surface area contributed by atoms with Gasteiger partial charge >= 0.3 is 0 Å². The van der Waals surface area contributed by atoms with Crippen LogP contribution in [0.1, 0.15) is 136 Å². The smallest absolute Gasteiger partial charge is 0.222 e. The van der Waals surface area contributed by atoms with Crippen LogP contribution in [0.25, 0.3) is 0 Å². The minimum Gasteiger partial charge on any atom is -0.354 e. The highest BCUT2D eigenvalue weighted by Gasteiger charge is 2.26. The molecule has 1 rings (SSSR count). The molecular weight excluding hydrogens is 613 g/mol. The standard InChI is InChI=1S/C46H70N2O2/c1-3-5-7-9-11-13-15-17-19-21-23-25-27-29-31-33-35-40-45(49)47-43-44-39-37-38-42-48(44)46(50)41-36-34-32-30-28-26-24-22-20-18-16-14-12-10-8-6-4-2/h5-8,11-14,17-20,23-26,29-32,44H,3-4,9-10,15-16,21-22,27-28,33-43H2,1-2H3,(H,47,49)/b7-5-,8-6-,13-11-,14-12-,19-17-,20-18-,25-23-,26-24-,31-29-,32-30-. The molecule has 0 saturated carbocycles. The quantitative estimate of drug-likeness (QED) is 0.0659. The summed E-state index contributed by atoms with van der Waals surface area (Å²) in [5, 5.41) is 3.11. The minimum atomic E-state index is 0.0914. The number of hydrogen-bond acceptors (Lipinski definition) is 2. The van der Waals surface area contributed by atoms with E-state index in [9.17, 15) is 9.59 Å². The molecule has 0 bridgehead atoms. The Morgan fingerprint density at radius 2 is 0.900 bits per heavy atom. The molecule has 4 heteroatoms. The van der Waals surface area contributed by atoms with E-state index in [2.05, 4.69) is 141 Å². The lowest BCUT2D eigenvalue weighted by atomic mass is 10.0. The van der Waals surface area contributed by atoms with E-state index in [1.54, 1.807) is 0 Å². The van der Waals surface area contributed by atoms with Gasteiger partial charge in [-0.15, -0.1) is 0 Å². The van der Waals surface area contributed by atoms with Crippen molar-refractivity contribution in [1.29, 1.82) is 0 Å². The van der Waals surface area contributed by atoms with Crippen molar-refractivity contribution >= 4 is 11.8 Å². The first kappa shape index (κ1) is 44.4. The van der Waals surface area contributed by atoms with Crippen LogP contribution >= 0.6 is 0 Å². The van der Waals surface area contributed by atoms with Gasteiger partial charge in [-0.1, -0.05) is 135 Å². The molecule has 2 amide bonds. The van der Waals surface area contributed by atoms with E-state index in [0.717, 1.165) is 116 Å². The molecular formula is C46H70N2O2. The number of carbonyl (C=O) groups excluding carboxylic acids is 2. The number of allylic oxidation sites excluding steroid dienone is 20. The van der Waals surface area contributed by atoms with Crippen molar-refractivity contribution in [2.75, 3.05) is 13.1 Å². The second-order valence-corrected chi connectivity index (χ2v) is 12.7. The first-order valence-electron chi connectivity index (χ1n) is 19.7. The normalized spacial score (nSPS) is 16.4. The van der Waals surface area contributed by atoms with E-state index in [1.165, 1.54) is 0 Å². The van der Waals surface area contributed by atoms with E-state index < -0.39 is 0 Å². The summed E-state index contributed by atoms with van der Waals surface area (Å²) in [6.45, 7) is 5.69. The zero-order valence-corrected chi connectivity index (χ0v) is 31.7. The van der Waals surface area contributed by atoms with Gasteiger partial charge in [0.15, 0.2) is 0 Å². The van der Waals surface area contributed by atoms with Gasteiger partial charge in [-0.05, 0) is 109 Å². The third-order valence-corrected chi connectivity index (χ3v) is 8.33. The summed E-state index contributed by atoms with van der Waals surface area (Å²) in [5.74, 6) is 0.323. The Morgan fingerprint density at radius 3 is 1.32 bits per heavy atom. The molecule has 1 saturated heterocycles. The molecule has 0 radical (unpaired) electrons. The van der Waals surface area contributed by atoms with Crippen LogP contribution in [-0.4, -0.2) is 35.8 Å². The first-order chi connectivity index (χ1) is 24.7. The molecule has 1 aliphatic rings. The summed E-state index contributed by atoms with van der Waals surface area (Å²) in [7, 11) is 0. The lowest BCUT2D eigenvalue weighted by Crippen LogP contribution is -2.49. The number of nitrogens with one attached hydrogen (secondary N) is 1. The van der Waals surface area contributed by atoms with Gasteiger partial charge in [0.2, 0.25) is 11.8 Å². The first-order valence-corrected chi connectivity index (χ1v) is 19.7. The van der Waals surface area contributed by atoms with Crippen LogP contribution in [0.15, 0.2) is 122 Å². The number of carbonyl (C=O) groups is 2. The average Bonchev–Trinajstić information content (AvgIpc) is 3.13. The molecule has 1 N–H and O–H groups in total. The highest BCUT2D eigenvalue weighted by molar-refractivity contribution is 5.77. The number of unbranched alkanes of at least 4 members (excludes halogenated alkanes) is 2. The molecule has 0 aromatic heterocycles. The molecule has 276 valence electrons. The predicted octanol–water partition coefficient (Wildman–Crippen LogP) is 12.3. The number of nitrogens with zero attached hydrogens (tertiary/aromatic N) is 1. The number of likely N-dealkylation sites (tertiary alicyclic amines) is 1. The molecule has 0 spiro atoms. The summed E-state index contributed by atoms with van der Waals surface area (Å²) in [6.07, 6.45) is 61.9. The van der Waals surface area contributed by atoms with Crippen molar-refractivity contribution in [3.8, 4) is 0 Å². The van der Waals surface area contributed by atoms with E-state index in [-0.39, 0.29) is 17.9 Å². The number of rotatable bonds is 28. The van der Waals surface area contributed by atoms with Crippen molar-refractivity contribution < 1.29 is 9.59 Å². The van der Waals surface area contributed by atoms with Gasteiger partial charge in [-0.2, -0.15) is 0 Å². The van der Waals surface area contributed by atoms with Crippen LogP contribution in [0.3, 0.4) is 0 Å². The molecule has 1 heterocycles. The number of amides is 2. The SMILES string of the molecule is CC/C=C\C/C=C\C/C=C\C/C=C\C/C=C\CCCC(=O)NCC1CCCCN1C(=O)CCC/C=C\C/C=C\C/C=C\C/C=C\C/C=C\CC. The van der Waals surface area contributed by atoms with Crippen LogP contribution < -0.4 is 5.32 Å². The van der Waals surface area contributed by atoms with Crippen LogP contribution in [0.5, 0.6) is 0 Å². The van der Waals surface area contributed by atoms with Crippen LogP contribution in [0, 0.1) is 0 Å². The van der Waals surface area contributed by atoms with Crippen LogP contribution in [0.4, 0.5) is 0 Å². The summed E-state index contributed by atoms with van der Waals surface area (Å²) < 4.78 is 0. The highest BCUT2D eigenvalue weighted by Crippen LogP contribution is 2.18. The fraction of sp³-hybridized carbons (Fsp3) is 0.522. The van der Waals surface area contributed by atoms with Gasteiger partial charge in [-0.25, -0.2) is 0 Å². The maximum Gasteiger partial charge on any atom is 0.222 e. The molecule has 1 unspecified atom stereocenters. The Bertz CT molecular complexity index is 1140. The summed E-state index contributed by atoms with van der Waals surface area (Å²) in [4.78, 5) is 27.5. The van der Waals surface area contributed by atoms with Gasteiger partial charge in [0, 0.05) is 32.0 Å². The Labute approximate surface area is 307 Å². The Balaban J connectivity index is 2.13. The summed E-state index contributed by atoms with van der Waals surface area (Å²) >= 11 is 0. The molecule has 4 nitrogen and oxygen atoms in total. The van der Waals surface area contributed by atoms with Crippen molar-refractivity contribution in [3.05, 3.63) is 122 Å². The van der Waals surface area contributed by atoms with Crippen molar-refractivity contribution in [3.63, 3.8) is 0 Å². The summed E-state index contributed by atoms with van der Waals surface area (Å²) in [6, 6.07) is 0.125. The zero-order valence-electron chi connectivity index (χ0n) is 31.7. The Morgan fingerprint density at radius 1 is 0.520 bits per heavy atom. The molecule has 1 fully saturated rings. The third-order valence-electron chi connectivity index (χ3n) is 8.33. The topological polar surface area (TPSA) is 49.4 Å². The van der Waals surface area contributed by atoms with Crippen molar-refractivity contribution in [1.82, 2.24) is 10.2 Å². The molecule has 0 aromatic rings. The molecule has 1 aliphatic heterocycles. The average molecular weight is 683 g/mol. The molecule has 0 aromatic carbocycles. The maximum absolute atomic E-state index is 13.0. The summed E-state index contributed by atoms with van der Waals surface area (Å²) in [5.41, 5.74) is 0. The Kier molecular flexibility index (Phi) is 31.2. The van der Waals surface area contributed by atoms with Gasteiger partial charge < -0.3 is 10.2 Å². The van der Waals surface area contributed by atoms with Crippen LogP contribution in [-0.2, 0) is 9.59 Å². The van der Waals surface area contributed by atoms with Gasteiger partial charge in [0.1, 0.15) is 0 Å². The van der Waals surface area contributed by atoms with Gasteiger partial charge in [0.25, 0.3) is 0 Å². The van der Waals surface area contributed by atoms with E-state index in [4.69, 9.17) is 0 Å². The Hall–Kier alpha value is -3.66. The molecule has 50 heavy (non-hydrogen) atoms. The third kappa shape index (κ3) is 28.2. The molecule has 0 aliphatic carbocycles. The monoisotopic (exact) mass is 683 g/mol. The lowest BCUT2D eigenvalue weighted by molar-refractivity contribution is -0.135. The van der Waals surface area contributed by atoms with Crippen LogP contribution in [0.2, 0.25) is 0 Å². The van der Waals surface area contributed by atoms with Gasteiger partial charge in [0.05, 0.1) is 0 Å².